The molecule has 39 heavy (non-hydrogen) atoms. The number of hydrogen-bond acceptors (Lipinski definition) is 6. The number of aliphatic hydroxyl groups is 1. The van der Waals surface area contributed by atoms with Crippen molar-refractivity contribution in [2.24, 2.45) is 11.8 Å². The van der Waals surface area contributed by atoms with Gasteiger partial charge in [0.25, 0.3) is 0 Å². The second-order valence-corrected chi connectivity index (χ2v) is 11.7. The summed E-state index contributed by atoms with van der Waals surface area (Å²) >= 11 is 0. The molecule has 0 aromatic carbocycles. The van der Waals surface area contributed by atoms with Crippen molar-refractivity contribution in [2.75, 3.05) is 19.7 Å². The molecule has 3 rings (SSSR count). The minimum atomic E-state index is -0.753. The number of hydrogen-bond donors (Lipinski definition) is 4. The lowest BCUT2D eigenvalue weighted by Crippen LogP contribution is -2.53. The fourth-order valence-electron chi connectivity index (χ4n) is 5.15. The molecule has 3 aliphatic rings. The molecular formula is C30H49N3O6. The molecule has 3 amide bonds. The van der Waals surface area contributed by atoms with Crippen LogP contribution in [0.25, 0.3) is 0 Å². The van der Waals surface area contributed by atoms with E-state index in [-0.39, 0.29) is 36.3 Å². The van der Waals surface area contributed by atoms with E-state index in [1.54, 1.807) is 6.08 Å². The van der Waals surface area contributed by atoms with Crippen molar-refractivity contribution in [3.8, 4) is 0 Å². The molecule has 3 heterocycles. The van der Waals surface area contributed by atoms with E-state index in [0.29, 0.717) is 38.0 Å². The van der Waals surface area contributed by atoms with Gasteiger partial charge < -0.3 is 35.3 Å². The van der Waals surface area contributed by atoms with Gasteiger partial charge in [-0.2, -0.15) is 0 Å². The van der Waals surface area contributed by atoms with Crippen molar-refractivity contribution >= 4 is 11.9 Å². The van der Waals surface area contributed by atoms with Crippen LogP contribution in [0.5, 0.6) is 0 Å². The van der Waals surface area contributed by atoms with Crippen molar-refractivity contribution < 1.29 is 28.9 Å². The quantitative estimate of drug-likeness (QED) is 0.179. The fourth-order valence-corrected chi connectivity index (χ4v) is 5.15. The van der Waals surface area contributed by atoms with Gasteiger partial charge in [-0.05, 0) is 51.0 Å². The molecule has 0 radical (unpaired) electrons. The minimum Gasteiger partial charge on any atom is -0.387 e. The minimum absolute atomic E-state index is 0.00686. The van der Waals surface area contributed by atoms with Gasteiger partial charge in [-0.15, -0.1) is 0 Å². The third kappa shape index (κ3) is 9.45. The van der Waals surface area contributed by atoms with Gasteiger partial charge in [0, 0.05) is 19.5 Å². The average Bonchev–Trinajstić information content (AvgIpc) is 3.67. The molecule has 0 saturated carbocycles. The average molecular weight is 548 g/mol. The number of urea groups is 1. The number of amides is 3. The van der Waals surface area contributed by atoms with Crippen LogP contribution in [0.4, 0.5) is 4.79 Å². The first-order chi connectivity index (χ1) is 18.5. The summed E-state index contributed by atoms with van der Waals surface area (Å²) in [5, 5.41) is 19.6. The number of aliphatic hydroxyl groups excluding tert-OH is 1. The highest BCUT2D eigenvalue weighted by Gasteiger charge is 2.58. The molecule has 1 spiro atoms. The van der Waals surface area contributed by atoms with Crippen LogP contribution in [0.3, 0.4) is 0 Å². The van der Waals surface area contributed by atoms with E-state index in [0.717, 1.165) is 24.8 Å². The lowest BCUT2D eigenvalue weighted by molar-refractivity contribution is -0.130. The highest BCUT2D eigenvalue weighted by Crippen LogP contribution is 2.42. The molecule has 0 bridgehead atoms. The van der Waals surface area contributed by atoms with E-state index in [1.807, 2.05) is 52.8 Å². The van der Waals surface area contributed by atoms with E-state index in [9.17, 15) is 14.7 Å². The highest BCUT2D eigenvalue weighted by molar-refractivity contribution is 5.87. The van der Waals surface area contributed by atoms with Crippen LogP contribution in [0.1, 0.15) is 67.2 Å². The first-order valence-electron chi connectivity index (χ1n) is 14.5. The largest absolute Gasteiger partial charge is 0.387 e. The maximum Gasteiger partial charge on any atom is 0.314 e. The summed E-state index contributed by atoms with van der Waals surface area (Å²) in [7, 11) is 0. The number of allylic oxidation sites excluding steroid dienone is 3. The molecule has 0 aromatic rings. The molecule has 0 aromatic heterocycles. The summed E-state index contributed by atoms with van der Waals surface area (Å²) in [5.74, 6) is 0.562. The molecule has 0 aliphatic carbocycles. The molecule has 3 saturated heterocycles. The maximum atomic E-state index is 12.2. The summed E-state index contributed by atoms with van der Waals surface area (Å²) in [5.41, 5.74) is 0.461. The Morgan fingerprint density at radius 1 is 1.15 bits per heavy atom. The van der Waals surface area contributed by atoms with Crippen molar-refractivity contribution in [1.82, 2.24) is 16.0 Å². The Morgan fingerprint density at radius 2 is 1.90 bits per heavy atom. The molecule has 0 unspecified atom stereocenters. The first-order valence-corrected chi connectivity index (χ1v) is 14.5. The van der Waals surface area contributed by atoms with E-state index >= 15 is 0 Å². The fraction of sp³-hybridized carbons (Fsp3) is 0.733. The van der Waals surface area contributed by atoms with Gasteiger partial charge in [-0.25, -0.2) is 4.79 Å². The summed E-state index contributed by atoms with van der Waals surface area (Å²) < 4.78 is 18.1. The number of epoxide rings is 1. The van der Waals surface area contributed by atoms with Crippen molar-refractivity contribution in [3.05, 3.63) is 36.0 Å². The summed E-state index contributed by atoms with van der Waals surface area (Å²) in [6.45, 7) is 13.8. The number of nitrogens with one attached hydrogen (secondary N) is 3. The van der Waals surface area contributed by atoms with E-state index in [2.05, 4.69) is 29.0 Å². The van der Waals surface area contributed by atoms with Gasteiger partial charge in [0.1, 0.15) is 17.8 Å². The number of carbonyl (C=O) groups is 2. The molecule has 8 atom stereocenters. The Kier molecular flexibility index (Phi) is 11.6. The standard InChI is InChI=1S/C30H49N3O6/c1-7-14-31-29(36)32-17-23-16-30(18-37-30)28(35)26(39-23)12-10-20(4)9-11-25-21(5)15-24(22(6)38-25)33-27(34)13-8-19(2)3/h8-10,12-13,19,21-26,28,35H,7,11,14-18H2,1-6H3,(H,33,34)(H2,31,32,36)/b12-10+,13-8-,20-9+/t21-,22+,23-,24+,25-,26+,28+,30+/m0/s1. The zero-order valence-electron chi connectivity index (χ0n) is 24.4. The highest BCUT2D eigenvalue weighted by atomic mass is 16.6. The van der Waals surface area contributed by atoms with Gasteiger partial charge in [0.15, 0.2) is 0 Å². The van der Waals surface area contributed by atoms with Crippen LogP contribution in [-0.2, 0) is 19.0 Å². The van der Waals surface area contributed by atoms with E-state index in [4.69, 9.17) is 14.2 Å². The molecule has 9 heteroatoms. The normalized spacial score (nSPS) is 35.1. The third-order valence-corrected chi connectivity index (χ3v) is 7.71. The maximum absolute atomic E-state index is 12.2. The lowest BCUT2D eigenvalue weighted by Gasteiger charge is -2.39. The molecule has 9 nitrogen and oxygen atoms in total. The molecular weight excluding hydrogens is 498 g/mol. The van der Waals surface area contributed by atoms with Crippen LogP contribution < -0.4 is 16.0 Å². The molecule has 3 aliphatic heterocycles. The first kappa shape index (κ1) is 31.3. The Labute approximate surface area is 233 Å². The van der Waals surface area contributed by atoms with Gasteiger partial charge in [-0.1, -0.05) is 57.6 Å². The van der Waals surface area contributed by atoms with Crippen molar-refractivity contribution in [3.63, 3.8) is 0 Å². The predicted octanol–water partition coefficient (Wildman–Crippen LogP) is 3.39. The summed E-state index contributed by atoms with van der Waals surface area (Å²) in [6.07, 6.45) is 11.0. The van der Waals surface area contributed by atoms with Crippen LogP contribution in [-0.4, -0.2) is 78.9 Å². The molecule has 4 N–H and O–H groups in total. The smallest absolute Gasteiger partial charge is 0.314 e. The Hall–Kier alpha value is -2.20. The Morgan fingerprint density at radius 3 is 2.56 bits per heavy atom. The summed E-state index contributed by atoms with van der Waals surface area (Å²) in [6, 6.07) is -0.221. The summed E-state index contributed by atoms with van der Waals surface area (Å²) in [4.78, 5) is 24.2. The van der Waals surface area contributed by atoms with Crippen molar-refractivity contribution in [2.45, 2.75) is 109 Å². The lowest BCUT2D eigenvalue weighted by atomic mass is 9.87. The van der Waals surface area contributed by atoms with Gasteiger partial charge >= 0.3 is 6.03 Å². The van der Waals surface area contributed by atoms with Gasteiger partial charge in [0.05, 0.1) is 31.0 Å². The second-order valence-electron chi connectivity index (χ2n) is 11.7. The number of rotatable bonds is 11. The SMILES string of the molecule is CCCNC(=O)NC[C@@H]1C[C@@]2(CO2)[C@H](O)[C@@H](/C=C/C(C)=C/C[C@@H]2O[C@H](C)[C@H](NC(=O)/C=C\C(C)C)C[C@@H]2C)O1. The van der Waals surface area contributed by atoms with Crippen LogP contribution in [0.15, 0.2) is 36.0 Å². The monoisotopic (exact) mass is 547 g/mol. The van der Waals surface area contributed by atoms with E-state index < -0.39 is 17.8 Å². The molecule has 3 fully saturated rings. The van der Waals surface area contributed by atoms with E-state index in [1.165, 1.54) is 0 Å². The zero-order chi connectivity index (χ0) is 28.6. The zero-order valence-corrected chi connectivity index (χ0v) is 24.4. The van der Waals surface area contributed by atoms with Gasteiger partial charge in [0.2, 0.25) is 5.91 Å². The Bertz CT molecular complexity index is 912. The topological polar surface area (TPSA) is 121 Å². The van der Waals surface area contributed by atoms with Crippen LogP contribution in [0, 0.1) is 11.8 Å². The number of carbonyl (C=O) groups excluding carboxylic acids is 2. The van der Waals surface area contributed by atoms with Crippen molar-refractivity contribution in [1.29, 1.82) is 0 Å². The van der Waals surface area contributed by atoms with Gasteiger partial charge in [-0.3, -0.25) is 4.79 Å². The van der Waals surface area contributed by atoms with Crippen LogP contribution in [0.2, 0.25) is 0 Å². The number of ether oxygens (including phenoxy) is 3. The van der Waals surface area contributed by atoms with Crippen LogP contribution >= 0.6 is 0 Å². The molecule has 220 valence electrons. The third-order valence-electron chi connectivity index (χ3n) is 7.71. The Balaban J connectivity index is 1.50. The predicted molar refractivity (Wildman–Crippen MR) is 151 cm³/mol. The second kappa shape index (κ2) is 14.4.